The average Bonchev–Trinajstić information content (AvgIpc) is 3.27. The van der Waals surface area contributed by atoms with E-state index in [1.54, 1.807) is 0 Å². The first-order chi connectivity index (χ1) is 11.7. The van der Waals surface area contributed by atoms with Crippen molar-refractivity contribution in [2.24, 2.45) is 5.41 Å². The number of carboxylic acid groups (broad SMARTS) is 1. The van der Waals surface area contributed by atoms with Crippen LogP contribution in [0.3, 0.4) is 0 Å². The van der Waals surface area contributed by atoms with Crippen LogP contribution < -0.4 is 0 Å². The van der Waals surface area contributed by atoms with Gasteiger partial charge in [0.2, 0.25) is 0 Å². The van der Waals surface area contributed by atoms with Gasteiger partial charge in [-0.25, -0.2) is 12.8 Å². The van der Waals surface area contributed by atoms with E-state index in [2.05, 4.69) is 0 Å². The molecular formula is C17H14ClFO5S. The molecule has 1 aliphatic carbocycles. The summed E-state index contributed by atoms with van der Waals surface area (Å²) >= 11 is 5.76. The molecule has 1 fully saturated rings. The molecule has 2 aromatic carbocycles. The number of aliphatic hydroxyl groups excluding tert-OH is 1. The number of carbonyl (C=O) groups is 1. The molecule has 0 radical (unpaired) electrons. The molecule has 0 spiro atoms. The third kappa shape index (κ3) is 2.72. The van der Waals surface area contributed by atoms with E-state index in [0.29, 0.717) is 5.02 Å². The van der Waals surface area contributed by atoms with Crippen molar-refractivity contribution in [3.05, 3.63) is 64.9 Å². The van der Waals surface area contributed by atoms with Crippen molar-refractivity contribution < 1.29 is 27.8 Å². The third-order valence-electron chi connectivity index (χ3n) is 4.60. The molecule has 0 heterocycles. The van der Waals surface area contributed by atoms with E-state index in [4.69, 9.17) is 11.6 Å². The Balaban J connectivity index is 2.12. The fourth-order valence-corrected chi connectivity index (χ4v) is 5.80. The fraction of sp³-hybridized carbons (Fsp3) is 0.235. The SMILES string of the molecule is O=C(O)[C@@]1(CO)[C@H](S(=O)(=O)c2ccc(Cl)cc2)[C@@H]1c1cccc(F)c1. The summed E-state index contributed by atoms with van der Waals surface area (Å²) < 4.78 is 39.4. The van der Waals surface area contributed by atoms with E-state index in [1.807, 2.05) is 0 Å². The van der Waals surface area contributed by atoms with E-state index >= 15 is 0 Å². The fourth-order valence-electron chi connectivity index (χ4n) is 3.31. The third-order valence-corrected chi connectivity index (χ3v) is 7.14. The standard InChI is InChI=1S/C17H14ClFO5S/c18-11-4-6-13(7-5-11)25(23,24)15-14(17(15,9-20)16(21)22)10-2-1-3-12(19)8-10/h1-8,14-15,20H,9H2,(H,21,22)/t14-,15+,17+/m0/s1. The zero-order valence-corrected chi connectivity index (χ0v) is 14.3. The molecule has 8 heteroatoms. The molecule has 3 rings (SSSR count). The van der Waals surface area contributed by atoms with Crippen molar-refractivity contribution in [1.82, 2.24) is 0 Å². The second kappa shape index (κ2) is 6.09. The number of aliphatic hydroxyl groups is 1. The minimum absolute atomic E-state index is 0.0973. The van der Waals surface area contributed by atoms with E-state index in [1.165, 1.54) is 42.5 Å². The smallest absolute Gasteiger partial charge is 0.314 e. The van der Waals surface area contributed by atoms with Gasteiger partial charge in [-0.1, -0.05) is 23.7 Å². The normalized spacial score (nSPS) is 25.6. The quantitative estimate of drug-likeness (QED) is 0.826. The Morgan fingerprint density at radius 3 is 2.36 bits per heavy atom. The number of carboxylic acids is 1. The van der Waals surface area contributed by atoms with Crippen LogP contribution in [0.1, 0.15) is 11.5 Å². The number of sulfone groups is 1. The number of halogens is 2. The van der Waals surface area contributed by atoms with Gasteiger partial charge >= 0.3 is 5.97 Å². The zero-order chi connectivity index (χ0) is 18.4. The van der Waals surface area contributed by atoms with Crippen LogP contribution in [-0.4, -0.2) is 36.5 Å². The number of hydrogen-bond acceptors (Lipinski definition) is 4. The zero-order valence-electron chi connectivity index (χ0n) is 12.8. The molecule has 3 atom stereocenters. The summed E-state index contributed by atoms with van der Waals surface area (Å²) in [5.74, 6) is -3.09. The predicted octanol–water partition coefficient (Wildman–Crippen LogP) is 2.48. The van der Waals surface area contributed by atoms with Gasteiger partial charge in [0.1, 0.15) is 11.2 Å². The van der Waals surface area contributed by atoms with Crippen LogP contribution in [0.15, 0.2) is 53.4 Å². The summed E-state index contributed by atoms with van der Waals surface area (Å²) in [6.45, 7) is -0.874. The average molecular weight is 385 g/mol. The molecule has 0 aromatic heterocycles. The van der Waals surface area contributed by atoms with Crippen molar-refractivity contribution >= 4 is 27.4 Å². The van der Waals surface area contributed by atoms with E-state index < -0.39 is 44.8 Å². The highest BCUT2D eigenvalue weighted by Crippen LogP contribution is 2.64. The molecule has 0 saturated heterocycles. The highest BCUT2D eigenvalue weighted by molar-refractivity contribution is 7.92. The molecule has 25 heavy (non-hydrogen) atoms. The Labute approximate surface area is 148 Å². The topological polar surface area (TPSA) is 91.7 Å². The summed E-state index contributed by atoms with van der Waals surface area (Å²) in [6, 6.07) is 10.4. The first kappa shape index (κ1) is 17.8. The maximum absolute atomic E-state index is 13.5. The number of hydrogen-bond donors (Lipinski definition) is 2. The van der Waals surface area contributed by atoms with Gasteiger partial charge in [-0.3, -0.25) is 4.79 Å². The van der Waals surface area contributed by atoms with Crippen LogP contribution in [0.5, 0.6) is 0 Å². The van der Waals surface area contributed by atoms with Crippen molar-refractivity contribution in [3.63, 3.8) is 0 Å². The summed E-state index contributed by atoms with van der Waals surface area (Å²) in [7, 11) is -4.08. The lowest BCUT2D eigenvalue weighted by Crippen LogP contribution is -2.27. The Kier molecular flexibility index (Phi) is 4.35. The first-order valence-electron chi connectivity index (χ1n) is 7.34. The van der Waals surface area contributed by atoms with Crippen LogP contribution in [-0.2, 0) is 14.6 Å². The molecule has 0 bridgehead atoms. The second-order valence-corrected chi connectivity index (χ2v) is 8.46. The van der Waals surface area contributed by atoms with Crippen LogP contribution in [0, 0.1) is 11.2 Å². The minimum Gasteiger partial charge on any atom is -0.481 e. The van der Waals surface area contributed by atoms with Gasteiger partial charge in [0.05, 0.1) is 16.8 Å². The van der Waals surface area contributed by atoms with Crippen molar-refractivity contribution in [1.29, 1.82) is 0 Å². The van der Waals surface area contributed by atoms with Gasteiger partial charge in [-0.15, -0.1) is 0 Å². The maximum atomic E-state index is 13.5. The number of benzene rings is 2. The first-order valence-corrected chi connectivity index (χ1v) is 9.27. The lowest BCUT2D eigenvalue weighted by molar-refractivity contribution is -0.145. The highest BCUT2D eigenvalue weighted by Gasteiger charge is 2.75. The van der Waals surface area contributed by atoms with E-state index in [9.17, 15) is 27.8 Å². The van der Waals surface area contributed by atoms with E-state index in [0.717, 1.165) is 6.07 Å². The molecule has 132 valence electrons. The maximum Gasteiger partial charge on any atom is 0.314 e. The molecule has 0 unspecified atom stereocenters. The molecule has 0 aliphatic heterocycles. The Bertz CT molecular complexity index is 928. The second-order valence-electron chi connectivity index (χ2n) is 5.96. The summed E-state index contributed by atoms with van der Waals surface area (Å²) in [4.78, 5) is 11.7. The predicted molar refractivity (Wildman–Crippen MR) is 88.7 cm³/mol. The molecule has 1 aliphatic rings. The lowest BCUT2D eigenvalue weighted by atomic mass is 10.00. The molecule has 0 amide bonds. The Hall–Kier alpha value is -1.96. The molecule has 1 saturated carbocycles. The molecule has 2 aromatic rings. The largest absolute Gasteiger partial charge is 0.481 e. The van der Waals surface area contributed by atoms with Crippen molar-refractivity contribution in [2.45, 2.75) is 16.1 Å². The van der Waals surface area contributed by atoms with Crippen LogP contribution in [0.4, 0.5) is 4.39 Å². The summed E-state index contributed by atoms with van der Waals surface area (Å²) in [5.41, 5.74) is -1.69. The van der Waals surface area contributed by atoms with Crippen molar-refractivity contribution in [2.75, 3.05) is 6.61 Å². The highest BCUT2D eigenvalue weighted by atomic mass is 35.5. The minimum atomic E-state index is -4.08. The van der Waals surface area contributed by atoms with Gasteiger partial charge in [-0.2, -0.15) is 0 Å². The molecular weight excluding hydrogens is 371 g/mol. The van der Waals surface area contributed by atoms with Gasteiger partial charge in [0.25, 0.3) is 0 Å². The van der Waals surface area contributed by atoms with Crippen LogP contribution in [0.25, 0.3) is 0 Å². The van der Waals surface area contributed by atoms with Gasteiger partial charge in [0, 0.05) is 10.9 Å². The number of rotatable bonds is 5. The number of aliphatic carboxylic acids is 1. The van der Waals surface area contributed by atoms with Gasteiger partial charge in [0.15, 0.2) is 9.84 Å². The van der Waals surface area contributed by atoms with Crippen LogP contribution >= 0.6 is 11.6 Å². The Morgan fingerprint density at radius 2 is 1.84 bits per heavy atom. The summed E-state index contributed by atoms with van der Waals surface area (Å²) in [6.07, 6.45) is 0. The monoisotopic (exact) mass is 384 g/mol. The molecule has 2 N–H and O–H groups in total. The van der Waals surface area contributed by atoms with Crippen molar-refractivity contribution in [3.8, 4) is 0 Å². The van der Waals surface area contributed by atoms with Gasteiger partial charge in [-0.05, 0) is 42.0 Å². The van der Waals surface area contributed by atoms with Crippen LogP contribution in [0.2, 0.25) is 5.02 Å². The Morgan fingerprint density at radius 1 is 1.20 bits per heavy atom. The molecule has 5 nitrogen and oxygen atoms in total. The lowest BCUT2D eigenvalue weighted by Gasteiger charge is -2.09. The van der Waals surface area contributed by atoms with Gasteiger partial charge < -0.3 is 10.2 Å². The summed E-state index contributed by atoms with van der Waals surface area (Å²) in [5, 5.41) is 18.2. The van der Waals surface area contributed by atoms with E-state index in [-0.39, 0.29) is 10.5 Å².